The molecule has 3 aromatic rings. The summed E-state index contributed by atoms with van der Waals surface area (Å²) in [6.45, 7) is 1.06. The Labute approximate surface area is 153 Å². The normalized spacial score (nSPS) is 15.8. The molecule has 4 rings (SSSR count). The number of anilines is 2. The van der Waals surface area contributed by atoms with Crippen molar-refractivity contribution in [3.8, 4) is 0 Å². The second-order valence-corrected chi connectivity index (χ2v) is 6.85. The number of halogens is 3. The van der Waals surface area contributed by atoms with Crippen molar-refractivity contribution < 1.29 is 13.6 Å². The summed E-state index contributed by atoms with van der Waals surface area (Å²) in [7, 11) is 0. The third-order valence-electron chi connectivity index (χ3n) is 4.40. The van der Waals surface area contributed by atoms with Crippen LogP contribution in [-0.4, -0.2) is 34.9 Å². The summed E-state index contributed by atoms with van der Waals surface area (Å²) < 4.78 is 26.0. The molecule has 1 saturated heterocycles. The molecule has 5 nitrogen and oxygen atoms in total. The van der Waals surface area contributed by atoms with Crippen LogP contribution in [0.15, 0.2) is 36.7 Å². The Hall–Kier alpha value is -2.67. The SMILES string of the molecule is Cc1cc(N2CC(F)(F)C2)ncc1C(=O)Nc1c[nH]c2ccc(Cl)cc12. The average Bonchev–Trinajstić information content (AvgIpc) is 2.94. The van der Waals surface area contributed by atoms with Crippen LogP contribution in [0.3, 0.4) is 0 Å². The molecule has 0 saturated carbocycles. The summed E-state index contributed by atoms with van der Waals surface area (Å²) in [6, 6.07) is 7.01. The molecule has 134 valence electrons. The van der Waals surface area contributed by atoms with Crippen molar-refractivity contribution in [3.63, 3.8) is 0 Å². The van der Waals surface area contributed by atoms with Gasteiger partial charge < -0.3 is 15.2 Å². The molecule has 1 aliphatic heterocycles. The lowest BCUT2D eigenvalue weighted by Crippen LogP contribution is -2.56. The van der Waals surface area contributed by atoms with Gasteiger partial charge in [-0.3, -0.25) is 4.79 Å². The highest BCUT2D eigenvalue weighted by Gasteiger charge is 2.44. The Kier molecular flexibility index (Phi) is 3.84. The highest BCUT2D eigenvalue weighted by molar-refractivity contribution is 6.31. The number of H-pyrrole nitrogens is 1. The molecule has 2 aromatic heterocycles. The Morgan fingerprint density at radius 3 is 2.81 bits per heavy atom. The van der Waals surface area contributed by atoms with E-state index in [1.807, 2.05) is 6.07 Å². The fourth-order valence-electron chi connectivity index (χ4n) is 3.01. The van der Waals surface area contributed by atoms with Crippen molar-refractivity contribution in [1.82, 2.24) is 9.97 Å². The first kappa shape index (κ1) is 16.8. The van der Waals surface area contributed by atoms with Gasteiger partial charge in [0.15, 0.2) is 0 Å². The van der Waals surface area contributed by atoms with Gasteiger partial charge in [-0.25, -0.2) is 13.8 Å². The molecule has 3 heterocycles. The average molecular weight is 377 g/mol. The molecule has 0 bridgehead atoms. The fraction of sp³-hybridized carbons (Fsp3) is 0.222. The number of aryl methyl sites for hydroxylation is 1. The molecule has 1 aliphatic rings. The van der Waals surface area contributed by atoms with E-state index in [0.717, 1.165) is 10.9 Å². The quantitative estimate of drug-likeness (QED) is 0.719. The number of hydrogen-bond acceptors (Lipinski definition) is 3. The van der Waals surface area contributed by atoms with Crippen LogP contribution in [0.25, 0.3) is 10.9 Å². The minimum absolute atomic E-state index is 0.323. The summed E-state index contributed by atoms with van der Waals surface area (Å²) in [5, 5.41) is 4.21. The number of carbonyl (C=O) groups is 1. The van der Waals surface area contributed by atoms with E-state index in [-0.39, 0.29) is 19.0 Å². The molecule has 1 amide bonds. The summed E-state index contributed by atoms with van der Waals surface area (Å²) in [6.07, 6.45) is 3.11. The number of pyridine rings is 1. The lowest BCUT2D eigenvalue weighted by molar-refractivity contribution is -0.0267. The van der Waals surface area contributed by atoms with Gasteiger partial charge in [0, 0.05) is 28.3 Å². The number of hydrogen-bond donors (Lipinski definition) is 2. The largest absolute Gasteiger partial charge is 0.359 e. The first-order valence-corrected chi connectivity index (χ1v) is 8.38. The van der Waals surface area contributed by atoms with E-state index in [0.29, 0.717) is 27.7 Å². The summed E-state index contributed by atoms with van der Waals surface area (Å²) in [5.41, 5.74) is 2.52. The van der Waals surface area contributed by atoms with Gasteiger partial charge in [-0.15, -0.1) is 0 Å². The molecule has 0 atom stereocenters. The van der Waals surface area contributed by atoms with E-state index >= 15 is 0 Å². The summed E-state index contributed by atoms with van der Waals surface area (Å²) in [5.74, 6) is -2.54. The lowest BCUT2D eigenvalue weighted by Gasteiger charge is -2.39. The number of fused-ring (bicyclic) bond motifs is 1. The van der Waals surface area contributed by atoms with Gasteiger partial charge >= 0.3 is 0 Å². The van der Waals surface area contributed by atoms with Crippen molar-refractivity contribution in [2.45, 2.75) is 12.8 Å². The lowest BCUT2D eigenvalue weighted by atomic mass is 10.1. The van der Waals surface area contributed by atoms with E-state index in [2.05, 4.69) is 15.3 Å². The van der Waals surface area contributed by atoms with Crippen molar-refractivity contribution >= 4 is 39.9 Å². The van der Waals surface area contributed by atoms with Gasteiger partial charge in [-0.1, -0.05) is 11.6 Å². The molecule has 26 heavy (non-hydrogen) atoms. The topological polar surface area (TPSA) is 61.0 Å². The first-order valence-electron chi connectivity index (χ1n) is 8.00. The van der Waals surface area contributed by atoms with Gasteiger partial charge in [-0.05, 0) is 36.8 Å². The molecular weight excluding hydrogens is 362 g/mol. The van der Waals surface area contributed by atoms with Crippen LogP contribution >= 0.6 is 11.6 Å². The Morgan fingerprint density at radius 2 is 2.12 bits per heavy atom. The van der Waals surface area contributed by atoms with Crippen molar-refractivity contribution in [2.75, 3.05) is 23.3 Å². The number of amides is 1. The first-order chi connectivity index (χ1) is 12.3. The zero-order valence-corrected chi connectivity index (χ0v) is 14.6. The van der Waals surface area contributed by atoms with Gasteiger partial charge in [0.2, 0.25) is 0 Å². The van der Waals surface area contributed by atoms with Crippen molar-refractivity contribution in [2.24, 2.45) is 0 Å². The highest BCUT2D eigenvalue weighted by Crippen LogP contribution is 2.31. The third-order valence-corrected chi connectivity index (χ3v) is 4.64. The second-order valence-electron chi connectivity index (χ2n) is 6.42. The van der Waals surface area contributed by atoms with Gasteiger partial charge in [0.1, 0.15) is 5.82 Å². The Bertz CT molecular complexity index is 1010. The number of carbonyl (C=O) groups excluding carboxylic acids is 1. The predicted molar refractivity (Wildman–Crippen MR) is 97.4 cm³/mol. The van der Waals surface area contributed by atoms with Crippen molar-refractivity contribution in [3.05, 3.63) is 52.8 Å². The van der Waals surface area contributed by atoms with E-state index in [1.54, 1.807) is 31.3 Å². The van der Waals surface area contributed by atoms with Crippen LogP contribution in [0.1, 0.15) is 15.9 Å². The number of benzene rings is 1. The Balaban J connectivity index is 1.55. The second kappa shape index (κ2) is 5.95. The fourth-order valence-corrected chi connectivity index (χ4v) is 3.18. The van der Waals surface area contributed by atoms with E-state index < -0.39 is 5.92 Å². The van der Waals surface area contributed by atoms with Crippen LogP contribution in [0.2, 0.25) is 5.02 Å². The van der Waals surface area contributed by atoms with E-state index in [4.69, 9.17) is 11.6 Å². The molecule has 2 N–H and O–H groups in total. The monoisotopic (exact) mass is 376 g/mol. The molecular formula is C18H15ClF2N4O. The molecule has 0 radical (unpaired) electrons. The number of aromatic amines is 1. The highest BCUT2D eigenvalue weighted by atomic mass is 35.5. The van der Waals surface area contributed by atoms with Crippen LogP contribution in [0.4, 0.5) is 20.3 Å². The molecule has 8 heteroatoms. The van der Waals surface area contributed by atoms with Crippen LogP contribution in [-0.2, 0) is 0 Å². The maximum absolute atomic E-state index is 13.0. The summed E-state index contributed by atoms with van der Waals surface area (Å²) in [4.78, 5) is 21.3. The number of rotatable bonds is 3. The third kappa shape index (κ3) is 2.99. The number of nitrogens with zero attached hydrogens (tertiary/aromatic N) is 2. The summed E-state index contributed by atoms with van der Waals surface area (Å²) >= 11 is 6.02. The zero-order valence-electron chi connectivity index (χ0n) is 13.8. The number of aromatic nitrogens is 2. The maximum atomic E-state index is 13.0. The van der Waals surface area contributed by atoms with E-state index in [9.17, 15) is 13.6 Å². The smallest absolute Gasteiger partial charge is 0.282 e. The standard InChI is InChI=1S/C18H15ClF2N4O/c1-10-4-16(25-8-18(20,21)9-25)23-6-13(10)17(26)24-15-7-22-14-3-2-11(19)5-12(14)15/h2-7,22H,8-9H2,1H3,(H,24,26). The van der Waals surface area contributed by atoms with Gasteiger partial charge in [0.05, 0.1) is 24.3 Å². The number of alkyl halides is 2. The molecule has 0 unspecified atom stereocenters. The van der Waals surface area contributed by atoms with Crippen molar-refractivity contribution in [1.29, 1.82) is 0 Å². The molecule has 1 aromatic carbocycles. The minimum Gasteiger partial charge on any atom is -0.359 e. The predicted octanol–water partition coefficient (Wildman–Crippen LogP) is 4.23. The van der Waals surface area contributed by atoms with Crippen LogP contribution < -0.4 is 10.2 Å². The van der Waals surface area contributed by atoms with Crippen LogP contribution in [0.5, 0.6) is 0 Å². The van der Waals surface area contributed by atoms with E-state index in [1.165, 1.54) is 11.1 Å². The molecule has 0 spiro atoms. The Morgan fingerprint density at radius 1 is 1.35 bits per heavy atom. The maximum Gasteiger partial charge on any atom is 0.282 e. The van der Waals surface area contributed by atoms with Crippen LogP contribution in [0, 0.1) is 6.92 Å². The molecule has 1 fully saturated rings. The number of nitrogens with one attached hydrogen (secondary N) is 2. The zero-order chi connectivity index (χ0) is 18.5. The van der Waals surface area contributed by atoms with Gasteiger partial charge in [0.25, 0.3) is 11.8 Å². The molecule has 0 aliphatic carbocycles. The minimum atomic E-state index is -2.66. The van der Waals surface area contributed by atoms with Gasteiger partial charge in [-0.2, -0.15) is 0 Å².